The van der Waals surface area contributed by atoms with Crippen LogP contribution in [0.2, 0.25) is 0 Å². The maximum atomic E-state index is 11.9. The highest BCUT2D eigenvalue weighted by molar-refractivity contribution is 5.81. The second-order valence-corrected chi connectivity index (χ2v) is 5.90. The number of nitrogens with one attached hydrogen (secondary N) is 2. The Morgan fingerprint density at radius 2 is 1.62 bits per heavy atom. The Labute approximate surface area is 152 Å². The van der Waals surface area contributed by atoms with Gasteiger partial charge in [0.1, 0.15) is 18.0 Å². The van der Waals surface area contributed by atoms with Gasteiger partial charge in [-0.25, -0.2) is 0 Å². The lowest BCUT2D eigenvalue weighted by atomic mass is 10.1. The molecular weight excluding hydrogens is 336 g/mol. The molecule has 0 saturated carbocycles. The number of carbonyl (C=O) groups is 2. The number of aryl methyl sites for hydroxylation is 3. The fraction of sp³-hybridized carbons (Fsp3) is 0.389. The van der Waals surface area contributed by atoms with E-state index in [1.165, 1.54) is 0 Å². The molecule has 0 aliphatic carbocycles. The minimum atomic E-state index is -0.340. The third-order valence-corrected chi connectivity index (χ3v) is 3.79. The topological polar surface area (TPSA) is 94.5 Å². The Morgan fingerprint density at radius 1 is 1.00 bits per heavy atom. The summed E-state index contributed by atoms with van der Waals surface area (Å²) in [5.74, 6) is 0.706. The van der Waals surface area contributed by atoms with E-state index in [1.54, 1.807) is 25.0 Å². The van der Waals surface area contributed by atoms with Crippen LogP contribution in [-0.2, 0) is 22.6 Å². The first-order valence-corrected chi connectivity index (χ1v) is 8.22. The Kier molecular flexibility index (Phi) is 6.60. The molecule has 26 heavy (non-hydrogen) atoms. The fourth-order valence-electron chi connectivity index (χ4n) is 2.48. The molecule has 0 spiro atoms. The summed E-state index contributed by atoms with van der Waals surface area (Å²) in [4.78, 5) is 23.8. The monoisotopic (exact) mass is 360 g/mol. The molecule has 0 radical (unpaired) electrons. The first-order valence-electron chi connectivity index (χ1n) is 8.22. The molecule has 140 valence electrons. The average molecular weight is 360 g/mol. The molecule has 0 fully saturated rings. The standard InChI is InChI=1S/C18H24N4O4/c1-12-7-13(2)22(21-12)11-18(24)20-19-17(23)6-5-14-8-15(25-3)10-16(9-14)26-4/h7-10H,5-6,11H2,1-4H3,(H,19,23)(H,20,24). The van der Waals surface area contributed by atoms with E-state index in [-0.39, 0.29) is 24.8 Å². The van der Waals surface area contributed by atoms with Crippen molar-refractivity contribution in [3.8, 4) is 11.5 Å². The van der Waals surface area contributed by atoms with Gasteiger partial charge in [0.2, 0.25) is 5.91 Å². The van der Waals surface area contributed by atoms with Gasteiger partial charge in [0, 0.05) is 18.2 Å². The van der Waals surface area contributed by atoms with E-state index in [9.17, 15) is 9.59 Å². The van der Waals surface area contributed by atoms with E-state index in [2.05, 4.69) is 16.0 Å². The maximum Gasteiger partial charge on any atom is 0.260 e. The van der Waals surface area contributed by atoms with Crippen LogP contribution in [0.15, 0.2) is 24.3 Å². The van der Waals surface area contributed by atoms with Crippen molar-refractivity contribution in [1.82, 2.24) is 20.6 Å². The van der Waals surface area contributed by atoms with Crippen molar-refractivity contribution in [2.45, 2.75) is 33.2 Å². The molecule has 1 aromatic heterocycles. The summed E-state index contributed by atoms with van der Waals surface area (Å²) in [7, 11) is 3.15. The molecule has 2 N–H and O–H groups in total. The number of benzene rings is 1. The Bertz CT molecular complexity index is 763. The predicted molar refractivity (Wildman–Crippen MR) is 95.9 cm³/mol. The number of methoxy groups -OCH3 is 2. The quantitative estimate of drug-likeness (QED) is 0.726. The van der Waals surface area contributed by atoms with Crippen molar-refractivity contribution in [2.24, 2.45) is 0 Å². The van der Waals surface area contributed by atoms with Crippen molar-refractivity contribution >= 4 is 11.8 Å². The van der Waals surface area contributed by atoms with Gasteiger partial charge in [-0.05, 0) is 44.0 Å². The highest BCUT2D eigenvalue weighted by Gasteiger charge is 2.09. The molecule has 0 saturated heterocycles. The number of hydrogen-bond donors (Lipinski definition) is 2. The van der Waals surface area contributed by atoms with Gasteiger partial charge in [-0.15, -0.1) is 0 Å². The third-order valence-electron chi connectivity index (χ3n) is 3.79. The number of aromatic nitrogens is 2. The van der Waals surface area contributed by atoms with Gasteiger partial charge >= 0.3 is 0 Å². The van der Waals surface area contributed by atoms with Crippen LogP contribution in [0.3, 0.4) is 0 Å². The summed E-state index contributed by atoms with van der Waals surface area (Å²) in [6, 6.07) is 7.34. The van der Waals surface area contributed by atoms with Gasteiger partial charge in [0.05, 0.1) is 19.9 Å². The van der Waals surface area contributed by atoms with E-state index in [0.717, 1.165) is 17.0 Å². The number of amides is 2. The van der Waals surface area contributed by atoms with Crippen LogP contribution in [0.25, 0.3) is 0 Å². The molecule has 0 aliphatic heterocycles. The molecule has 1 heterocycles. The van der Waals surface area contributed by atoms with Gasteiger partial charge in [0.15, 0.2) is 0 Å². The smallest absolute Gasteiger partial charge is 0.260 e. The molecule has 1 aromatic carbocycles. The Balaban J connectivity index is 1.80. The summed E-state index contributed by atoms with van der Waals surface area (Å²) in [6.45, 7) is 3.78. The second kappa shape index (κ2) is 8.89. The lowest BCUT2D eigenvalue weighted by Crippen LogP contribution is -2.43. The van der Waals surface area contributed by atoms with Gasteiger partial charge in [0.25, 0.3) is 5.91 Å². The van der Waals surface area contributed by atoms with Crippen molar-refractivity contribution < 1.29 is 19.1 Å². The second-order valence-electron chi connectivity index (χ2n) is 5.90. The first-order chi connectivity index (χ1) is 12.4. The van der Waals surface area contributed by atoms with Crippen molar-refractivity contribution in [2.75, 3.05) is 14.2 Å². The largest absolute Gasteiger partial charge is 0.497 e. The molecule has 0 unspecified atom stereocenters. The van der Waals surface area contributed by atoms with Gasteiger partial charge in [-0.2, -0.15) is 5.10 Å². The molecule has 2 aromatic rings. The molecule has 0 aliphatic rings. The summed E-state index contributed by atoms with van der Waals surface area (Å²) in [5.41, 5.74) is 7.45. The van der Waals surface area contributed by atoms with E-state index < -0.39 is 0 Å². The van der Waals surface area contributed by atoms with Crippen molar-refractivity contribution in [3.05, 3.63) is 41.2 Å². The Hall–Kier alpha value is -3.03. The zero-order valence-corrected chi connectivity index (χ0v) is 15.5. The molecule has 8 nitrogen and oxygen atoms in total. The van der Waals surface area contributed by atoms with Crippen molar-refractivity contribution in [1.29, 1.82) is 0 Å². The van der Waals surface area contributed by atoms with E-state index in [0.29, 0.717) is 17.9 Å². The lowest BCUT2D eigenvalue weighted by Gasteiger charge is -2.10. The number of ether oxygens (including phenoxy) is 2. The maximum absolute atomic E-state index is 11.9. The van der Waals surface area contributed by atoms with Crippen LogP contribution in [0.4, 0.5) is 0 Å². The normalized spacial score (nSPS) is 10.3. The van der Waals surface area contributed by atoms with Gasteiger partial charge < -0.3 is 9.47 Å². The van der Waals surface area contributed by atoms with Crippen LogP contribution in [0, 0.1) is 13.8 Å². The van der Waals surface area contributed by atoms with Crippen LogP contribution in [-0.4, -0.2) is 35.8 Å². The zero-order chi connectivity index (χ0) is 19.1. The van der Waals surface area contributed by atoms with Crippen LogP contribution >= 0.6 is 0 Å². The number of carbonyl (C=O) groups excluding carboxylic acids is 2. The highest BCUT2D eigenvalue weighted by atomic mass is 16.5. The third kappa shape index (κ3) is 5.51. The molecule has 0 atom stereocenters. The number of rotatable bonds is 7. The van der Waals surface area contributed by atoms with Gasteiger partial charge in [-0.3, -0.25) is 25.1 Å². The molecular formula is C18H24N4O4. The first kappa shape index (κ1) is 19.3. The highest BCUT2D eigenvalue weighted by Crippen LogP contribution is 2.23. The zero-order valence-electron chi connectivity index (χ0n) is 15.5. The molecule has 0 bridgehead atoms. The summed E-state index contributed by atoms with van der Waals surface area (Å²) in [6.07, 6.45) is 0.712. The lowest BCUT2D eigenvalue weighted by molar-refractivity contribution is -0.129. The van der Waals surface area contributed by atoms with E-state index >= 15 is 0 Å². The minimum absolute atomic E-state index is 0.0486. The van der Waals surface area contributed by atoms with Crippen LogP contribution < -0.4 is 20.3 Å². The summed E-state index contributed by atoms with van der Waals surface area (Å²) in [5, 5.41) is 4.21. The number of nitrogens with zero attached hydrogens (tertiary/aromatic N) is 2. The number of hydrazine groups is 1. The SMILES string of the molecule is COc1cc(CCC(=O)NNC(=O)Cn2nc(C)cc2C)cc(OC)c1. The van der Waals surface area contributed by atoms with Crippen molar-refractivity contribution in [3.63, 3.8) is 0 Å². The number of hydrogen-bond acceptors (Lipinski definition) is 5. The molecule has 8 heteroatoms. The summed E-state index contributed by atoms with van der Waals surface area (Å²) < 4.78 is 12.0. The average Bonchev–Trinajstić information content (AvgIpc) is 2.94. The summed E-state index contributed by atoms with van der Waals surface area (Å²) >= 11 is 0. The van der Waals surface area contributed by atoms with E-state index in [1.807, 2.05) is 32.0 Å². The molecule has 2 rings (SSSR count). The predicted octanol–water partition coefficient (Wildman–Crippen LogP) is 1.30. The van der Waals surface area contributed by atoms with Crippen LogP contribution in [0.1, 0.15) is 23.4 Å². The van der Waals surface area contributed by atoms with E-state index in [4.69, 9.17) is 9.47 Å². The van der Waals surface area contributed by atoms with Gasteiger partial charge in [-0.1, -0.05) is 0 Å². The Morgan fingerprint density at radius 3 is 2.15 bits per heavy atom. The molecule has 2 amide bonds. The minimum Gasteiger partial charge on any atom is -0.497 e. The van der Waals surface area contributed by atoms with Crippen LogP contribution in [0.5, 0.6) is 11.5 Å². The fourth-order valence-corrected chi connectivity index (χ4v) is 2.48.